The van der Waals surface area contributed by atoms with Crippen molar-refractivity contribution in [2.45, 2.75) is 38.3 Å². The van der Waals surface area contributed by atoms with E-state index < -0.39 is 12.1 Å². The normalized spacial score (nSPS) is 16.8. The van der Waals surface area contributed by atoms with E-state index in [9.17, 15) is 9.90 Å². The second kappa shape index (κ2) is 6.68. The summed E-state index contributed by atoms with van der Waals surface area (Å²) >= 11 is 5.86. The molecule has 0 spiro atoms. The van der Waals surface area contributed by atoms with E-state index in [-0.39, 0.29) is 17.7 Å². The second-order valence-corrected chi connectivity index (χ2v) is 6.29. The van der Waals surface area contributed by atoms with E-state index in [2.05, 4.69) is 15.5 Å². The molecule has 1 aromatic carbocycles. The Kier molecular flexibility index (Phi) is 4.63. The lowest BCUT2D eigenvalue weighted by Gasteiger charge is -2.17. The Morgan fingerprint density at radius 3 is 2.74 bits per heavy atom. The highest BCUT2D eigenvalue weighted by molar-refractivity contribution is 6.30. The number of nitrogens with zero attached hydrogens (tertiary/aromatic N) is 2. The number of hydrogen-bond donors (Lipinski definition) is 2. The van der Waals surface area contributed by atoms with E-state index in [0.717, 1.165) is 18.4 Å². The zero-order valence-corrected chi connectivity index (χ0v) is 13.5. The van der Waals surface area contributed by atoms with Crippen LogP contribution in [0, 0.1) is 5.92 Å². The Hall–Kier alpha value is -1.92. The number of aliphatic hydroxyl groups excluding tert-OH is 1. The molecule has 2 N–H and O–H groups in total. The number of hydrogen-bond acceptors (Lipinski definition) is 5. The summed E-state index contributed by atoms with van der Waals surface area (Å²) < 4.78 is 5.22. The molecule has 1 aromatic heterocycles. The summed E-state index contributed by atoms with van der Waals surface area (Å²) in [6.07, 6.45) is 1.46. The van der Waals surface area contributed by atoms with Crippen LogP contribution in [0.2, 0.25) is 5.02 Å². The third kappa shape index (κ3) is 4.09. The molecule has 1 fully saturated rings. The fourth-order valence-corrected chi connectivity index (χ4v) is 2.38. The zero-order chi connectivity index (χ0) is 16.4. The number of halogens is 1. The lowest BCUT2D eigenvalue weighted by molar-refractivity contribution is -0.124. The monoisotopic (exact) mass is 335 g/mol. The van der Waals surface area contributed by atoms with Crippen molar-refractivity contribution in [3.63, 3.8) is 0 Å². The predicted molar refractivity (Wildman–Crippen MR) is 83.8 cm³/mol. The lowest BCUT2D eigenvalue weighted by atomic mass is 10.1. The van der Waals surface area contributed by atoms with Crippen molar-refractivity contribution in [1.29, 1.82) is 0 Å². The van der Waals surface area contributed by atoms with E-state index in [1.807, 2.05) is 12.1 Å². The molecule has 6 nitrogen and oxygen atoms in total. The average Bonchev–Trinajstić information content (AvgIpc) is 3.27. The molecule has 2 atom stereocenters. The Morgan fingerprint density at radius 1 is 1.43 bits per heavy atom. The van der Waals surface area contributed by atoms with Crippen LogP contribution in [0.4, 0.5) is 0 Å². The summed E-state index contributed by atoms with van der Waals surface area (Å²) in [6.45, 7) is 1.58. The molecule has 1 aliphatic rings. The van der Waals surface area contributed by atoms with Crippen molar-refractivity contribution in [1.82, 2.24) is 15.5 Å². The van der Waals surface area contributed by atoms with E-state index >= 15 is 0 Å². The van der Waals surface area contributed by atoms with Gasteiger partial charge in [-0.3, -0.25) is 4.79 Å². The minimum Gasteiger partial charge on any atom is -0.391 e. The number of nitrogens with one attached hydrogen (secondary N) is 1. The first-order valence-corrected chi connectivity index (χ1v) is 7.96. The molecule has 3 rings (SSSR count). The number of carbonyl (C=O) groups excluding carboxylic acids is 1. The molecular formula is C16H18ClN3O3. The van der Waals surface area contributed by atoms with Gasteiger partial charge in [0, 0.05) is 17.4 Å². The topological polar surface area (TPSA) is 88.2 Å². The predicted octanol–water partition coefficient (Wildman–Crippen LogP) is 2.26. The number of aromatic nitrogens is 2. The molecule has 1 aliphatic carbocycles. The smallest absolute Gasteiger partial charge is 0.251 e. The molecule has 1 amide bonds. The first kappa shape index (κ1) is 16.0. The van der Waals surface area contributed by atoms with Crippen molar-refractivity contribution in [3.05, 3.63) is 46.6 Å². The van der Waals surface area contributed by atoms with Crippen molar-refractivity contribution >= 4 is 17.5 Å². The van der Waals surface area contributed by atoms with Crippen LogP contribution in [-0.2, 0) is 11.2 Å². The first-order valence-electron chi connectivity index (χ1n) is 7.58. The number of aliphatic hydroxyl groups is 1. The van der Waals surface area contributed by atoms with Crippen LogP contribution < -0.4 is 5.32 Å². The second-order valence-electron chi connectivity index (χ2n) is 5.85. The van der Waals surface area contributed by atoms with Gasteiger partial charge in [0.1, 0.15) is 6.04 Å². The van der Waals surface area contributed by atoms with Crippen LogP contribution in [0.1, 0.15) is 43.1 Å². The van der Waals surface area contributed by atoms with Gasteiger partial charge in [-0.1, -0.05) is 28.9 Å². The molecule has 23 heavy (non-hydrogen) atoms. The van der Waals surface area contributed by atoms with Gasteiger partial charge in [-0.05, 0) is 37.5 Å². The highest BCUT2D eigenvalue weighted by atomic mass is 35.5. The van der Waals surface area contributed by atoms with E-state index in [1.54, 1.807) is 19.1 Å². The third-order valence-electron chi connectivity index (χ3n) is 3.75. The van der Waals surface area contributed by atoms with Crippen molar-refractivity contribution < 1.29 is 14.4 Å². The quantitative estimate of drug-likeness (QED) is 0.845. The Labute approximate surface area is 138 Å². The Balaban J connectivity index is 1.70. The van der Waals surface area contributed by atoms with Crippen molar-refractivity contribution in [3.8, 4) is 0 Å². The molecular weight excluding hydrogens is 318 g/mol. The highest BCUT2D eigenvalue weighted by Crippen LogP contribution is 2.30. The maximum absolute atomic E-state index is 11.9. The number of benzene rings is 1. The summed E-state index contributed by atoms with van der Waals surface area (Å²) in [5.41, 5.74) is 0.998. The van der Waals surface area contributed by atoms with Gasteiger partial charge in [0.15, 0.2) is 5.82 Å². The lowest BCUT2D eigenvalue weighted by Crippen LogP contribution is -2.36. The van der Waals surface area contributed by atoms with Gasteiger partial charge in [0.2, 0.25) is 5.91 Å². The van der Waals surface area contributed by atoms with Gasteiger partial charge in [0.25, 0.3) is 5.89 Å². The summed E-state index contributed by atoms with van der Waals surface area (Å²) in [5.74, 6) is 0.688. The van der Waals surface area contributed by atoms with Crippen LogP contribution in [0.15, 0.2) is 28.8 Å². The average molecular weight is 336 g/mol. The number of rotatable bonds is 6. The molecule has 2 aromatic rings. The highest BCUT2D eigenvalue weighted by Gasteiger charge is 2.34. The Morgan fingerprint density at radius 2 is 2.13 bits per heavy atom. The first-order chi connectivity index (χ1) is 11.0. The van der Waals surface area contributed by atoms with Crippen molar-refractivity contribution in [2.24, 2.45) is 5.92 Å². The number of amides is 1. The van der Waals surface area contributed by atoms with Gasteiger partial charge in [-0.2, -0.15) is 4.98 Å². The molecule has 1 heterocycles. The van der Waals surface area contributed by atoms with Crippen LogP contribution >= 0.6 is 11.6 Å². The minimum atomic E-state index is -0.818. The SMILES string of the molecule is C[C@@H](O)[C@@H](NC(=O)C1CC1)c1nc(Cc2ccc(Cl)cc2)no1. The van der Waals surface area contributed by atoms with Gasteiger partial charge < -0.3 is 14.9 Å². The fraction of sp³-hybridized carbons (Fsp3) is 0.438. The van der Waals surface area contributed by atoms with Crippen LogP contribution in [0.5, 0.6) is 0 Å². The van der Waals surface area contributed by atoms with Gasteiger partial charge in [-0.25, -0.2) is 0 Å². The van der Waals surface area contributed by atoms with Gasteiger partial charge in [-0.15, -0.1) is 0 Å². The molecule has 0 bridgehead atoms. The summed E-state index contributed by atoms with van der Waals surface area (Å²) in [5, 5.41) is 17.3. The number of carbonyl (C=O) groups is 1. The third-order valence-corrected chi connectivity index (χ3v) is 4.01. The molecule has 0 saturated heterocycles. The van der Waals surface area contributed by atoms with Crippen molar-refractivity contribution in [2.75, 3.05) is 0 Å². The molecule has 1 saturated carbocycles. The molecule has 0 unspecified atom stereocenters. The van der Waals surface area contributed by atoms with Crippen LogP contribution in [0.25, 0.3) is 0 Å². The summed E-state index contributed by atoms with van der Waals surface area (Å²) in [6, 6.07) is 6.69. The van der Waals surface area contributed by atoms with E-state index in [0.29, 0.717) is 17.3 Å². The maximum atomic E-state index is 11.9. The summed E-state index contributed by atoms with van der Waals surface area (Å²) in [4.78, 5) is 16.2. The Bertz CT molecular complexity index is 680. The van der Waals surface area contributed by atoms with Crippen LogP contribution in [-0.4, -0.2) is 27.3 Å². The standard InChI is InChI=1S/C16H18ClN3O3/c1-9(21)14(19-15(22)11-4-5-11)16-18-13(20-23-16)8-10-2-6-12(17)7-3-10/h2-3,6-7,9,11,14,21H,4-5,8H2,1H3,(H,19,22)/t9-,14-/m1/s1. The fourth-order valence-electron chi connectivity index (χ4n) is 2.26. The zero-order valence-electron chi connectivity index (χ0n) is 12.7. The molecule has 0 radical (unpaired) electrons. The van der Waals surface area contributed by atoms with Gasteiger partial charge in [0.05, 0.1) is 6.10 Å². The molecule has 122 valence electrons. The van der Waals surface area contributed by atoms with Gasteiger partial charge >= 0.3 is 0 Å². The molecule has 7 heteroatoms. The molecule has 0 aliphatic heterocycles. The van der Waals surface area contributed by atoms with E-state index in [1.165, 1.54) is 0 Å². The minimum absolute atomic E-state index is 0.0488. The summed E-state index contributed by atoms with van der Waals surface area (Å²) in [7, 11) is 0. The van der Waals surface area contributed by atoms with Crippen LogP contribution in [0.3, 0.4) is 0 Å². The maximum Gasteiger partial charge on any atom is 0.251 e. The largest absolute Gasteiger partial charge is 0.391 e. The van der Waals surface area contributed by atoms with E-state index in [4.69, 9.17) is 16.1 Å².